The van der Waals surface area contributed by atoms with Crippen molar-refractivity contribution in [1.29, 1.82) is 0 Å². The molecule has 0 aliphatic rings. The Morgan fingerprint density at radius 3 is 0.860 bits per heavy atom. The predicted molar refractivity (Wildman–Crippen MR) is 237 cm³/mol. The van der Waals surface area contributed by atoms with Crippen molar-refractivity contribution in [2.24, 2.45) is 0 Å². The van der Waals surface area contributed by atoms with Crippen LogP contribution < -0.4 is 15.6 Å². The second-order valence-electron chi connectivity index (χ2n) is 16.1. The van der Waals surface area contributed by atoms with Crippen molar-refractivity contribution in [2.75, 3.05) is 0 Å². The number of hydrogen-bond acceptors (Lipinski definition) is 4. The molecule has 0 unspecified atom stereocenters. The van der Waals surface area contributed by atoms with Gasteiger partial charge in [-0.2, -0.15) is 0 Å². The molecule has 0 aromatic heterocycles. The maximum atomic E-state index is 7.21. The first-order chi connectivity index (χ1) is 22.9. The van der Waals surface area contributed by atoms with Gasteiger partial charge in [-0.1, -0.05) is 152 Å². The summed E-state index contributed by atoms with van der Waals surface area (Å²) in [6.45, 7) is 30.0. The molecule has 3 rings (SSSR count). The molecule has 3 aromatic rings. The summed E-state index contributed by atoms with van der Waals surface area (Å²) < 4.78 is 28.1. The van der Waals surface area contributed by atoms with E-state index in [9.17, 15) is 0 Å². The largest absolute Gasteiger partial charge is 0.433 e. The highest BCUT2D eigenvalue weighted by atomic mass is 28.5. The molecule has 0 heterocycles. The Morgan fingerprint density at radius 1 is 0.360 bits per heavy atom. The van der Waals surface area contributed by atoms with E-state index in [4.69, 9.17) is 16.5 Å². The zero-order chi connectivity index (χ0) is 36.8. The van der Waals surface area contributed by atoms with Gasteiger partial charge in [-0.3, -0.25) is 0 Å². The van der Waals surface area contributed by atoms with Crippen LogP contribution in [0.4, 0.5) is 0 Å². The lowest BCUT2D eigenvalue weighted by Crippen LogP contribution is -2.70. The molecular formula is C40H74O4Si6. The molecule has 50 heavy (non-hydrogen) atoms. The van der Waals surface area contributed by atoms with Crippen LogP contribution >= 0.6 is 0 Å². The van der Waals surface area contributed by atoms with Crippen molar-refractivity contribution >= 4 is 66.0 Å². The molecule has 0 aliphatic heterocycles. The van der Waals surface area contributed by atoms with Gasteiger partial charge in [-0.15, -0.1) is 0 Å². The molecule has 0 amide bonds. The lowest BCUT2D eigenvalue weighted by Gasteiger charge is -2.43. The fourth-order valence-corrected chi connectivity index (χ4v) is 34.5. The van der Waals surface area contributed by atoms with Gasteiger partial charge >= 0.3 is 17.1 Å². The Kier molecular flexibility index (Phi) is 19.6. The number of rotatable bonds is 19. The molecular weight excluding hydrogens is 713 g/mol. The predicted octanol–water partition coefficient (Wildman–Crippen LogP) is 11.4. The first kappa shape index (κ1) is 46.8. The summed E-state index contributed by atoms with van der Waals surface area (Å²) in [5.74, 6) is 0. The molecule has 0 bridgehead atoms. The van der Waals surface area contributed by atoms with Crippen LogP contribution in [0.5, 0.6) is 0 Å². The number of benzene rings is 3. The molecule has 0 saturated carbocycles. The monoisotopic (exact) mass is 786 g/mol. The van der Waals surface area contributed by atoms with E-state index in [0.717, 1.165) is 24.9 Å². The molecule has 0 radical (unpaired) electrons. The van der Waals surface area contributed by atoms with E-state index in [2.05, 4.69) is 178 Å². The molecule has 0 spiro atoms. The summed E-state index contributed by atoms with van der Waals surface area (Å²) in [5.41, 5.74) is 0. The Hall–Kier alpha value is -1.20. The Morgan fingerprint density at radius 2 is 0.600 bits per heavy atom. The van der Waals surface area contributed by atoms with E-state index < -0.39 is 50.4 Å². The Bertz CT molecular complexity index is 1260. The maximum Gasteiger partial charge on any atom is 0.386 e. The molecule has 0 aliphatic carbocycles. The lowest BCUT2D eigenvalue weighted by molar-refractivity contribution is 0.396. The van der Waals surface area contributed by atoms with E-state index in [1.165, 1.54) is 40.5 Å². The summed E-state index contributed by atoms with van der Waals surface area (Å²) in [5, 5.41) is 3.76. The van der Waals surface area contributed by atoms with E-state index in [0.29, 0.717) is 0 Å². The summed E-state index contributed by atoms with van der Waals surface area (Å²) in [7, 11) is -12.2. The lowest BCUT2D eigenvalue weighted by atomic mass is 10.4. The standard InChI is InChI=1S/C22H36O2Si3.C17H34O2Si3.CH4/c1-7-19-25(3,4)23-27(21-15-11-9-12-16-21,22-17-13-10-14-18-22)24-26(5,6)20-8-2;1-8-15-20(3,4)18-22(7,17-13-11-10-12-14-17)19-21(5,6)16-9-2;/h9-18H,7-8,19-20H2,1-6H3;10-14H,8-9,15-16H2,1-7H3;1H4. The van der Waals surface area contributed by atoms with Gasteiger partial charge in [0.05, 0.1) is 0 Å². The van der Waals surface area contributed by atoms with Crippen molar-refractivity contribution < 1.29 is 16.5 Å². The fraction of sp³-hybridized carbons (Fsp3) is 0.550. The van der Waals surface area contributed by atoms with Crippen LogP contribution in [0.3, 0.4) is 0 Å². The van der Waals surface area contributed by atoms with Crippen molar-refractivity contribution in [2.45, 2.75) is 144 Å². The Labute approximate surface area is 315 Å². The van der Waals surface area contributed by atoms with Crippen molar-refractivity contribution in [1.82, 2.24) is 0 Å². The molecule has 0 saturated heterocycles. The topological polar surface area (TPSA) is 36.9 Å². The van der Waals surface area contributed by atoms with Gasteiger partial charge in [-0.05, 0) is 98.7 Å². The molecule has 0 atom stereocenters. The van der Waals surface area contributed by atoms with Crippen molar-refractivity contribution in [3.05, 3.63) is 91.0 Å². The molecule has 10 heteroatoms. The quantitative estimate of drug-likeness (QED) is 0.113. The van der Waals surface area contributed by atoms with Gasteiger partial charge < -0.3 is 16.5 Å². The van der Waals surface area contributed by atoms with E-state index in [1.54, 1.807) is 0 Å². The summed E-state index contributed by atoms with van der Waals surface area (Å²) >= 11 is 0. The van der Waals surface area contributed by atoms with Crippen LogP contribution in [0.2, 0.25) is 83.1 Å². The minimum atomic E-state index is -2.77. The van der Waals surface area contributed by atoms with Crippen LogP contribution in [-0.2, 0) is 16.5 Å². The maximum absolute atomic E-state index is 7.21. The van der Waals surface area contributed by atoms with E-state index in [1.807, 2.05) is 0 Å². The van der Waals surface area contributed by atoms with Crippen LogP contribution in [0.15, 0.2) is 91.0 Å². The summed E-state index contributed by atoms with van der Waals surface area (Å²) in [6.07, 6.45) is 4.69. The normalized spacial score (nSPS) is 12.9. The van der Waals surface area contributed by atoms with Crippen LogP contribution in [0.25, 0.3) is 0 Å². The molecule has 0 N–H and O–H groups in total. The first-order valence-corrected chi connectivity index (χ1v) is 35.5. The fourth-order valence-electron chi connectivity index (χ4n) is 7.06. The highest BCUT2D eigenvalue weighted by molar-refractivity contribution is 7.02. The van der Waals surface area contributed by atoms with Crippen LogP contribution in [0, 0.1) is 0 Å². The average molecular weight is 788 g/mol. The second kappa shape index (κ2) is 20.9. The molecule has 3 aromatic carbocycles. The minimum absolute atomic E-state index is 0. The van der Waals surface area contributed by atoms with Crippen LogP contribution in [-0.4, -0.2) is 50.4 Å². The van der Waals surface area contributed by atoms with Gasteiger partial charge in [0.2, 0.25) is 0 Å². The third-order valence-corrected chi connectivity index (χ3v) is 33.4. The first-order valence-electron chi connectivity index (χ1n) is 18.9. The summed E-state index contributed by atoms with van der Waals surface area (Å²) in [6, 6.07) is 36.9. The minimum Gasteiger partial charge on any atom is -0.433 e. The van der Waals surface area contributed by atoms with Crippen molar-refractivity contribution in [3.8, 4) is 0 Å². The molecule has 282 valence electrons. The summed E-state index contributed by atoms with van der Waals surface area (Å²) in [4.78, 5) is 0. The average Bonchev–Trinajstić information content (AvgIpc) is 3.01. The van der Waals surface area contributed by atoms with Crippen molar-refractivity contribution in [3.63, 3.8) is 0 Å². The van der Waals surface area contributed by atoms with E-state index in [-0.39, 0.29) is 7.43 Å². The Balaban J connectivity index is 0.000000501. The smallest absolute Gasteiger partial charge is 0.386 e. The third kappa shape index (κ3) is 15.0. The van der Waals surface area contributed by atoms with Crippen LogP contribution in [0.1, 0.15) is 60.8 Å². The SMILES string of the molecule is C.CCC[Si](C)(C)O[Si](C)(O[Si](C)(C)CCC)c1ccccc1.CCC[Si](C)(C)O[Si](O[Si](C)(C)CCC)(c1ccccc1)c1ccccc1. The third-order valence-electron chi connectivity index (χ3n) is 8.80. The van der Waals surface area contributed by atoms with E-state index >= 15 is 0 Å². The highest BCUT2D eigenvalue weighted by Crippen LogP contribution is 2.28. The molecule has 4 nitrogen and oxygen atoms in total. The highest BCUT2D eigenvalue weighted by Gasteiger charge is 2.50. The second-order valence-corrected chi connectivity index (χ2v) is 40.3. The zero-order valence-electron chi connectivity index (χ0n) is 33.5. The van der Waals surface area contributed by atoms with Gasteiger partial charge in [-0.25, -0.2) is 0 Å². The molecule has 0 fully saturated rings. The number of hydrogen-bond donors (Lipinski definition) is 0. The van der Waals surface area contributed by atoms with Gasteiger partial charge in [0.15, 0.2) is 33.3 Å². The van der Waals surface area contributed by atoms with Gasteiger partial charge in [0.1, 0.15) is 0 Å². The zero-order valence-corrected chi connectivity index (χ0v) is 39.5. The van der Waals surface area contributed by atoms with Gasteiger partial charge in [0.25, 0.3) is 0 Å². The van der Waals surface area contributed by atoms with Gasteiger partial charge in [0, 0.05) is 0 Å².